The fourth-order valence-corrected chi connectivity index (χ4v) is 3.04. The summed E-state index contributed by atoms with van der Waals surface area (Å²) in [5.74, 6) is -1.04. The number of aromatic amines is 1. The van der Waals surface area contributed by atoms with Crippen LogP contribution in [-0.4, -0.2) is 30.0 Å². The highest BCUT2D eigenvalue weighted by Gasteiger charge is 2.18. The van der Waals surface area contributed by atoms with Crippen LogP contribution in [0.25, 0.3) is 22.0 Å². The minimum Gasteiger partial charge on any atom is -0.349 e. The number of nitrogens with one attached hydrogen (secondary N) is 2. The Labute approximate surface area is 157 Å². The van der Waals surface area contributed by atoms with Gasteiger partial charge < -0.3 is 21.8 Å². The number of fused-ring (bicyclic) bond motifs is 1. The number of halogens is 1. The van der Waals surface area contributed by atoms with E-state index in [2.05, 4.69) is 10.3 Å². The van der Waals surface area contributed by atoms with Crippen LogP contribution in [0.4, 0.5) is 4.39 Å². The summed E-state index contributed by atoms with van der Waals surface area (Å²) in [6.07, 6.45) is 1.51. The second-order valence-electron chi connectivity index (χ2n) is 6.84. The van der Waals surface area contributed by atoms with E-state index in [1.54, 1.807) is 6.07 Å². The van der Waals surface area contributed by atoms with Gasteiger partial charge in [0.25, 0.3) is 5.91 Å². The highest BCUT2D eigenvalue weighted by atomic mass is 19.1. The third-order valence-corrected chi connectivity index (χ3v) is 4.65. The van der Waals surface area contributed by atoms with Gasteiger partial charge in [-0.15, -0.1) is 0 Å². The number of rotatable bonds is 7. The molecule has 6 heteroatoms. The number of amides is 1. The fourth-order valence-electron chi connectivity index (χ4n) is 3.04. The Balaban J connectivity index is 1.79. The number of hydrogen-bond donors (Lipinski definition) is 4. The first-order valence-corrected chi connectivity index (χ1v) is 9.11. The molecule has 5 nitrogen and oxygen atoms in total. The molecule has 142 valence electrons. The molecule has 0 radical (unpaired) electrons. The topological polar surface area (TPSA) is 96.9 Å². The second-order valence-corrected chi connectivity index (χ2v) is 6.84. The SMILES string of the molecule is Cc1ccc(-c2ccc3c(F)c(C(=O)NC[C@@H](N)CCCN)[nH]c3c2)cc1. The smallest absolute Gasteiger partial charge is 0.270 e. The van der Waals surface area contributed by atoms with E-state index in [4.69, 9.17) is 11.5 Å². The van der Waals surface area contributed by atoms with Gasteiger partial charge in [0.2, 0.25) is 0 Å². The molecule has 0 aliphatic rings. The van der Waals surface area contributed by atoms with Crippen LogP contribution < -0.4 is 16.8 Å². The van der Waals surface area contributed by atoms with Crippen molar-refractivity contribution in [2.45, 2.75) is 25.8 Å². The first-order valence-electron chi connectivity index (χ1n) is 9.11. The highest BCUT2D eigenvalue weighted by molar-refractivity contribution is 5.99. The molecule has 6 N–H and O–H groups in total. The Hall–Kier alpha value is -2.70. The van der Waals surface area contributed by atoms with Crippen LogP contribution in [0, 0.1) is 12.7 Å². The first kappa shape index (κ1) is 19.1. The van der Waals surface area contributed by atoms with E-state index in [9.17, 15) is 9.18 Å². The lowest BCUT2D eigenvalue weighted by Crippen LogP contribution is -2.37. The van der Waals surface area contributed by atoms with E-state index < -0.39 is 11.7 Å². The van der Waals surface area contributed by atoms with Crippen LogP contribution in [0.5, 0.6) is 0 Å². The monoisotopic (exact) mass is 368 g/mol. The van der Waals surface area contributed by atoms with Crippen molar-refractivity contribution in [3.8, 4) is 11.1 Å². The van der Waals surface area contributed by atoms with Gasteiger partial charge in [-0.3, -0.25) is 4.79 Å². The van der Waals surface area contributed by atoms with Gasteiger partial charge >= 0.3 is 0 Å². The Kier molecular flexibility index (Phi) is 5.88. The van der Waals surface area contributed by atoms with Gasteiger partial charge in [0.05, 0.1) is 0 Å². The van der Waals surface area contributed by atoms with E-state index >= 15 is 0 Å². The zero-order chi connectivity index (χ0) is 19.4. The summed E-state index contributed by atoms with van der Waals surface area (Å²) in [7, 11) is 0. The Morgan fingerprint density at radius 2 is 1.89 bits per heavy atom. The summed E-state index contributed by atoms with van der Waals surface area (Å²) in [6, 6.07) is 13.3. The maximum atomic E-state index is 14.7. The van der Waals surface area contributed by atoms with Crippen molar-refractivity contribution in [1.82, 2.24) is 10.3 Å². The van der Waals surface area contributed by atoms with Gasteiger partial charge in [-0.25, -0.2) is 4.39 Å². The van der Waals surface area contributed by atoms with E-state index in [1.165, 1.54) is 5.56 Å². The van der Waals surface area contributed by atoms with Crippen LogP contribution in [0.3, 0.4) is 0 Å². The molecule has 27 heavy (non-hydrogen) atoms. The summed E-state index contributed by atoms with van der Waals surface area (Å²) >= 11 is 0. The van der Waals surface area contributed by atoms with Crippen molar-refractivity contribution in [3.63, 3.8) is 0 Å². The average molecular weight is 368 g/mol. The Morgan fingerprint density at radius 3 is 2.59 bits per heavy atom. The van der Waals surface area contributed by atoms with Crippen LogP contribution >= 0.6 is 0 Å². The predicted octanol–water partition coefficient (Wildman–Crippen LogP) is 3.08. The number of nitrogens with two attached hydrogens (primary N) is 2. The highest BCUT2D eigenvalue weighted by Crippen LogP contribution is 2.27. The van der Waals surface area contributed by atoms with Crippen molar-refractivity contribution in [3.05, 3.63) is 59.5 Å². The standard InChI is InChI=1S/C21H25FN4O/c1-13-4-6-14(7-5-13)15-8-9-17-18(11-15)26-20(19(17)22)21(27)25-12-16(24)3-2-10-23/h4-9,11,16,26H,2-3,10,12,23-24H2,1H3,(H,25,27)/t16-/m0/s1. The molecular weight excluding hydrogens is 343 g/mol. The molecule has 1 heterocycles. The van der Waals surface area contributed by atoms with Crippen molar-refractivity contribution in [2.75, 3.05) is 13.1 Å². The number of carbonyl (C=O) groups excluding carboxylic acids is 1. The number of benzene rings is 2. The minimum atomic E-state index is -0.548. The summed E-state index contributed by atoms with van der Waals surface area (Å²) < 4.78 is 14.7. The van der Waals surface area contributed by atoms with Gasteiger partial charge in [-0.1, -0.05) is 35.9 Å². The minimum absolute atomic E-state index is 0.0721. The molecule has 0 unspecified atom stereocenters. The molecule has 2 aromatic carbocycles. The van der Waals surface area contributed by atoms with E-state index in [0.29, 0.717) is 23.9 Å². The third-order valence-electron chi connectivity index (χ3n) is 4.65. The van der Waals surface area contributed by atoms with Crippen molar-refractivity contribution in [2.24, 2.45) is 11.5 Å². The molecule has 3 rings (SSSR count). The maximum absolute atomic E-state index is 14.7. The zero-order valence-electron chi connectivity index (χ0n) is 15.4. The van der Waals surface area contributed by atoms with E-state index in [0.717, 1.165) is 17.5 Å². The quantitative estimate of drug-likeness (QED) is 0.516. The molecule has 1 amide bonds. The van der Waals surface area contributed by atoms with Gasteiger partial charge in [0.1, 0.15) is 5.69 Å². The first-order chi connectivity index (χ1) is 13.0. The predicted molar refractivity (Wildman–Crippen MR) is 107 cm³/mol. The molecule has 1 aromatic heterocycles. The van der Waals surface area contributed by atoms with Gasteiger partial charge in [-0.2, -0.15) is 0 Å². The molecule has 0 saturated heterocycles. The molecule has 3 aromatic rings. The van der Waals surface area contributed by atoms with Gasteiger partial charge in [0.15, 0.2) is 5.82 Å². The van der Waals surface area contributed by atoms with Crippen LogP contribution in [0.2, 0.25) is 0 Å². The fraction of sp³-hybridized carbons (Fsp3) is 0.286. The molecule has 0 spiro atoms. The van der Waals surface area contributed by atoms with E-state index in [1.807, 2.05) is 43.3 Å². The summed E-state index contributed by atoms with van der Waals surface area (Å²) in [6.45, 7) is 2.87. The molecule has 0 saturated carbocycles. The second kappa shape index (κ2) is 8.33. The van der Waals surface area contributed by atoms with Crippen molar-refractivity contribution < 1.29 is 9.18 Å². The summed E-state index contributed by atoms with van der Waals surface area (Å²) in [5.41, 5.74) is 15.1. The molecular formula is C21H25FN4O. The number of carbonyl (C=O) groups is 1. The third kappa shape index (κ3) is 4.35. The number of aromatic nitrogens is 1. The lowest BCUT2D eigenvalue weighted by atomic mass is 10.0. The van der Waals surface area contributed by atoms with Gasteiger partial charge in [0, 0.05) is 23.5 Å². The maximum Gasteiger partial charge on any atom is 0.270 e. The molecule has 0 aliphatic heterocycles. The Bertz CT molecular complexity index is 933. The number of aryl methyl sites for hydroxylation is 1. The molecule has 0 fully saturated rings. The largest absolute Gasteiger partial charge is 0.349 e. The lowest BCUT2D eigenvalue weighted by Gasteiger charge is -2.11. The van der Waals surface area contributed by atoms with Crippen LogP contribution in [0.15, 0.2) is 42.5 Å². The van der Waals surface area contributed by atoms with Crippen molar-refractivity contribution >= 4 is 16.8 Å². The number of H-pyrrole nitrogens is 1. The van der Waals surface area contributed by atoms with Crippen molar-refractivity contribution in [1.29, 1.82) is 0 Å². The summed E-state index contributed by atoms with van der Waals surface area (Å²) in [4.78, 5) is 15.2. The van der Waals surface area contributed by atoms with Gasteiger partial charge in [-0.05, 0) is 49.6 Å². The summed E-state index contributed by atoms with van der Waals surface area (Å²) in [5, 5.41) is 3.08. The number of hydrogen-bond acceptors (Lipinski definition) is 3. The Morgan fingerprint density at radius 1 is 1.19 bits per heavy atom. The molecule has 0 bridgehead atoms. The van der Waals surface area contributed by atoms with Crippen LogP contribution in [0.1, 0.15) is 28.9 Å². The lowest BCUT2D eigenvalue weighted by molar-refractivity contribution is 0.0942. The molecule has 0 aliphatic carbocycles. The molecule has 1 atom stereocenters. The average Bonchev–Trinajstić information content (AvgIpc) is 3.01. The van der Waals surface area contributed by atoms with E-state index in [-0.39, 0.29) is 18.3 Å². The van der Waals surface area contributed by atoms with Crippen LogP contribution in [-0.2, 0) is 0 Å². The zero-order valence-corrected chi connectivity index (χ0v) is 15.4. The normalized spacial score (nSPS) is 12.3.